The first-order chi connectivity index (χ1) is 9.16. The van der Waals surface area contributed by atoms with Gasteiger partial charge < -0.3 is 5.73 Å². The molecule has 96 valence electrons. The lowest BCUT2D eigenvalue weighted by molar-refractivity contribution is 1.05. The van der Waals surface area contributed by atoms with Gasteiger partial charge in [0.2, 0.25) is 0 Å². The number of nitrogen functional groups attached to an aromatic ring is 1. The zero-order valence-electron chi connectivity index (χ0n) is 10.2. The van der Waals surface area contributed by atoms with Gasteiger partial charge in [0.05, 0.1) is 17.5 Å². The predicted molar refractivity (Wildman–Crippen MR) is 78.5 cm³/mol. The van der Waals surface area contributed by atoms with Crippen molar-refractivity contribution in [2.75, 3.05) is 5.73 Å². The van der Waals surface area contributed by atoms with Gasteiger partial charge in [-0.25, -0.2) is 0 Å². The molecular weight excluding hydrogens is 306 g/mol. The fraction of sp³-hybridized carbons (Fsp3) is 0.0769. The maximum absolute atomic E-state index is 5.99. The Kier molecular flexibility index (Phi) is 2.87. The van der Waals surface area contributed by atoms with Gasteiger partial charge in [-0.1, -0.05) is 28.1 Å². The molecule has 0 aliphatic rings. The van der Waals surface area contributed by atoms with E-state index >= 15 is 0 Å². The number of rotatable bonds is 2. The monoisotopic (exact) mass is 317 g/mol. The zero-order valence-corrected chi connectivity index (χ0v) is 11.8. The number of nitrogens with one attached hydrogen (secondary N) is 2. The van der Waals surface area contributed by atoms with Gasteiger partial charge in [-0.15, -0.1) is 0 Å². The van der Waals surface area contributed by atoms with Crippen molar-refractivity contribution in [1.29, 1.82) is 0 Å². The summed E-state index contributed by atoms with van der Waals surface area (Å²) >= 11 is 3.47. The average molecular weight is 318 g/mol. The minimum Gasteiger partial charge on any atom is -0.382 e. The molecule has 0 saturated heterocycles. The number of aromatic amines is 2. The molecule has 0 bridgehead atoms. The van der Waals surface area contributed by atoms with E-state index in [0.717, 1.165) is 32.6 Å². The van der Waals surface area contributed by atoms with Gasteiger partial charge in [-0.2, -0.15) is 10.2 Å². The van der Waals surface area contributed by atoms with Crippen LogP contribution in [0.2, 0.25) is 0 Å². The molecule has 3 aromatic rings. The highest BCUT2D eigenvalue weighted by molar-refractivity contribution is 9.10. The molecule has 19 heavy (non-hydrogen) atoms. The first-order valence-electron chi connectivity index (χ1n) is 5.77. The molecule has 0 saturated carbocycles. The van der Waals surface area contributed by atoms with Crippen molar-refractivity contribution in [3.63, 3.8) is 0 Å². The number of nitrogens with zero attached hydrogens (tertiary/aromatic N) is 2. The van der Waals surface area contributed by atoms with Crippen LogP contribution in [-0.4, -0.2) is 20.4 Å². The Labute approximate surface area is 118 Å². The first-order valence-corrected chi connectivity index (χ1v) is 6.56. The van der Waals surface area contributed by atoms with Crippen LogP contribution in [0.25, 0.3) is 22.4 Å². The molecule has 0 aliphatic heterocycles. The van der Waals surface area contributed by atoms with Crippen LogP contribution in [0.3, 0.4) is 0 Å². The van der Waals surface area contributed by atoms with E-state index in [4.69, 9.17) is 5.73 Å². The average Bonchev–Trinajstić information content (AvgIpc) is 2.95. The topological polar surface area (TPSA) is 83.4 Å². The second-order valence-electron chi connectivity index (χ2n) is 4.28. The van der Waals surface area contributed by atoms with E-state index in [0.29, 0.717) is 5.82 Å². The smallest absolute Gasteiger partial charge is 0.153 e. The van der Waals surface area contributed by atoms with E-state index in [2.05, 4.69) is 36.3 Å². The number of nitrogens with two attached hydrogens (primary N) is 1. The van der Waals surface area contributed by atoms with E-state index < -0.39 is 0 Å². The lowest BCUT2D eigenvalue weighted by atomic mass is 10.0. The van der Waals surface area contributed by atoms with Gasteiger partial charge in [-0.3, -0.25) is 10.2 Å². The Morgan fingerprint density at radius 1 is 1.26 bits per heavy atom. The quantitative estimate of drug-likeness (QED) is 0.679. The normalized spacial score (nSPS) is 10.8. The molecule has 0 unspecified atom stereocenters. The number of halogens is 1. The van der Waals surface area contributed by atoms with E-state index in [9.17, 15) is 0 Å². The molecule has 0 atom stereocenters. The Hall–Kier alpha value is -2.08. The van der Waals surface area contributed by atoms with Gasteiger partial charge in [0, 0.05) is 15.7 Å². The highest BCUT2D eigenvalue weighted by atomic mass is 79.9. The van der Waals surface area contributed by atoms with Crippen LogP contribution in [0.5, 0.6) is 0 Å². The van der Waals surface area contributed by atoms with Crippen LogP contribution in [0.4, 0.5) is 5.82 Å². The minimum atomic E-state index is 0.480. The summed E-state index contributed by atoms with van der Waals surface area (Å²) in [5.74, 6) is 0.480. The Balaban J connectivity index is 2.22. The summed E-state index contributed by atoms with van der Waals surface area (Å²) in [5.41, 5.74) is 10.7. The summed E-state index contributed by atoms with van der Waals surface area (Å²) in [6.45, 7) is 1.96. The fourth-order valence-corrected chi connectivity index (χ4v) is 2.49. The minimum absolute atomic E-state index is 0.480. The van der Waals surface area contributed by atoms with Gasteiger partial charge in [-0.05, 0) is 24.6 Å². The SMILES string of the molecule is Cc1[nH]ncc1-c1[nH]nc(N)c1-c1cccc(Br)c1. The third-order valence-corrected chi connectivity index (χ3v) is 3.50. The summed E-state index contributed by atoms with van der Waals surface area (Å²) in [7, 11) is 0. The summed E-state index contributed by atoms with van der Waals surface area (Å²) in [6.07, 6.45) is 1.77. The van der Waals surface area contributed by atoms with E-state index in [1.165, 1.54) is 0 Å². The van der Waals surface area contributed by atoms with Crippen LogP contribution in [0.15, 0.2) is 34.9 Å². The van der Waals surface area contributed by atoms with Crippen molar-refractivity contribution in [1.82, 2.24) is 20.4 Å². The molecule has 1 aromatic carbocycles. The molecular formula is C13H12BrN5. The molecule has 0 radical (unpaired) electrons. The summed E-state index contributed by atoms with van der Waals surface area (Å²) in [4.78, 5) is 0. The molecule has 0 amide bonds. The second kappa shape index (κ2) is 4.55. The van der Waals surface area contributed by atoms with Gasteiger partial charge in [0.1, 0.15) is 0 Å². The summed E-state index contributed by atoms with van der Waals surface area (Å²) in [5, 5.41) is 14.1. The van der Waals surface area contributed by atoms with Crippen LogP contribution >= 0.6 is 15.9 Å². The maximum Gasteiger partial charge on any atom is 0.153 e. The van der Waals surface area contributed by atoms with Crippen LogP contribution in [-0.2, 0) is 0 Å². The molecule has 2 aromatic heterocycles. The fourth-order valence-electron chi connectivity index (χ4n) is 2.09. The third kappa shape index (κ3) is 2.04. The summed E-state index contributed by atoms with van der Waals surface area (Å²) in [6, 6.07) is 7.96. The van der Waals surface area contributed by atoms with Crippen molar-refractivity contribution in [2.24, 2.45) is 0 Å². The molecule has 2 heterocycles. The van der Waals surface area contributed by atoms with Crippen molar-refractivity contribution < 1.29 is 0 Å². The van der Waals surface area contributed by atoms with Crippen LogP contribution < -0.4 is 5.73 Å². The molecule has 5 nitrogen and oxygen atoms in total. The lowest BCUT2D eigenvalue weighted by Crippen LogP contribution is -1.89. The Bertz CT molecular complexity index is 728. The van der Waals surface area contributed by atoms with Crippen LogP contribution in [0.1, 0.15) is 5.69 Å². The number of anilines is 1. The Morgan fingerprint density at radius 3 is 2.79 bits per heavy atom. The molecule has 0 spiro atoms. The number of H-pyrrole nitrogens is 2. The van der Waals surface area contributed by atoms with Crippen molar-refractivity contribution in [3.8, 4) is 22.4 Å². The molecule has 4 N–H and O–H groups in total. The van der Waals surface area contributed by atoms with Crippen LogP contribution in [0, 0.1) is 6.92 Å². The van der Waals surface area contributed by atoms with Gasteiger partial charge in [0.15, 0.2) is 5.82 Å². The number of aromatic nitrogens is 4. The zero-order chi connectivity index (χ0) is 13.4. The number of aryl methyl sites for hydroxylation is 1. The van der Waals surface area contributed by atoms with E-state index in [1.54, 1.807) is 6.20 Å². The lowest BCUT2D eigenvalue weighted by Gasteiger charge is -2.04. The third-order valence-electron chi connectivity index (χ3n) is 3.01. The highest BCUT2D eigenvalue weighted by Crippen LogP contribution is 2.36. The predicted octanol–water partition coefficient (Wildman–Crippen LogP) is 3.12. The van der Waals surface area contributed by atoms with E-state index in [-0.39, 0.29) is 0 Å². The van der Waals surface area contributed by atoms with Crippen molar-refractivity contribution >= 4 is 21.7 Å². The number of benzene rings is 1. The molecule has 0 fully saturated rings. The largest absolute Gasteiger partial charge is 0.382 e. The number of hydrogen-bond donors (Lipinski definition) is 3. The maximum atomic E-state index is 5.99. The highest BCUT2D eigenvalue weighted by Gasteiger charge is 2.17. The second-order valence-corrected chi connectivity index (χ2v) is 5.19. The first kappa shape index (κ1) is 12.0. The number of hydrogen-bond acceptors (Lipinski definition) is 3. The van der Waals surface area contributed by atoms with Gasteiger partial charge >= 0.3 is 0 Å². The van der Waals surface area contributed by atoms with E-state index in [1.807, 2.05) is 31.2 Å². The van der Waals surface area contributed by atoms with Gasteiger partial charge in [0.25, 0.3) is 0 Å². The molecule has 6 heteroatoms. The summed E-state index contributed by atoms with van der Waals surface area (Å²) < 4.78 is 1.00. The molecule has 0 aliphatic carbocycles. The van der Waals surface area contributed by atoms with Crippen molar-refractivity contribution in [3.05, 3.63) is 40.6 Å². The molecule has 3 rings (SSSR count). The van der Waals surface area contributed by atoms with Crippen molar-refractivity contribution in [2.45, 2.75) is 6.92 Å². The standard InChI is InChI=1S/C13H12BrN5/c1-7-10(6-16-17-7)12-11(13(15)19-18-12)8-3-2-4-9(14)5-8/h2-6H,1H3,(H,16,17)(H3,15,18,19). The Morgan fingerprint density at radius 2 is 2.11 bits per heavy atom.